The second-order valence-corrected chi connectivity index (χ2v) is 5.86. The molecule has 0 spiro atoms. The molecule has 25 heavy (non-hydrogen) atoms. The lowest BCUT2D eigenvalue weighted by Crippen LogP contribution is -2.36. The molecule has 1 aliphatic rings. The lowest BCUT2D eigenvalue weighted by Gasteiger charge is -2.26. The van der Waals surface area contributed by atoms with E-state index in [9.17, 15) is 18.4 Å². The van der Waals surface area contributed by atoms with Gasteiger partial charge in [-0.1, -0.05) is 0 Å². The van der Waals surface area contributed by atoms with Crippen molar-refractivity contribution in [2.75, 3.05) is 18.4 Å². The summed E-state index contributed by atoms with van der Waals surface area (Å²) in [5.74, 6) is -2.41. The van der Waals surface area contributed by atoms with Gasteiger partial charge in [0.05, 0.1) is 5.69 Å². The summed E-state index contributed by atoms with van der Waals surface area (Å²) in [6.45, 7) is 1.36. The molecule has 7 heteroatoms. The van der Waals surface area contributed by atoms with Gasteiger partial charge in [0, 0.05) is 30.9 Å². The fourth-order valence-corrected chi connectivity index (χ4v) is 2.73. The summed E-state index contributed by atoms with van der Waals surface area (Å²) < 4.78 is 26.6. The van der Waals surface area contributed by atoms with Gasteiger partial charge in [-0.05, 0) is 43.5 Å². The third-order valence-electron chi connectivity index (χ3n) is 4.06. The Morgan fingerprint density at radius 3 is 2.52 bits per heavy atom. The monoisotopic (exact) mass is 345 g/mol. The molecule has 1 aliphatic heterocycles. The summed E-state index contributed by atoms with van der Waals surface area (Å²) >= 11 is 0. The number of amides is 2. The van der Waals surface area contributed by atoms with Crippen molar-refractivity contribution in [1.29, 1.82) is 0 Å². The van der Waals surface area contributed by atoms with E-state index >= 15 is 0 Å². The van der Waals surface area contributed by atoms with Gasteiger partial charge in [0.25, 0.3) is 11.8 Å². The zero-order chi connectivity index (χ0) is 17.8. The Bertz CT molecular complexity index is 805. The molecule has 0 saturated carbocycles. The van der Waals surface area contributed by atoms with Crippen LogP contribution in [0, 0.1) is 11.6 Å². The molecule has 1 N–H and O–H groups in total. The zero-order valence-corrected chi connectivity index (χ0v) is 13.5. The normalized spacial score (nSPS) is 14.2. The van der Waals surface area contributed by atoms with Crippen LogP contribution >= 0.6 is 0 Å². The van der Waals surface area contributed by atoms with E-state index in [0.29, 0.717) is 19.2 Å². The number of hydrogen-bond donors (Lipinski definition) is 1. The van der Waals surface area contributed by atoms with Gasteiger partial charge in [-0.3, -0.25) is 14.6 Å². The van der Waals surface area contributed by atoms with Crippen LogP contribution in [0.4, 0.5) is 14.5 Å². The van der Waals surface area contributed by atoms with Gasteiger partial charge in [0.2, 0.25) is 0 Å². The number of carbonyl (C=O) groups excluding carboxylic acids is 2. The second-order valence-electron chi connectivity index (χ2n) is 5.86. The van der Waals surface area contributed by atoms with Crippen LogP contribution in [0.5, 0.6) is 0 Å². The van der Waals surface area contributed by atoms with Gasteiger partial charge in [-0.25, -0.2) is 8.78 Å². The van der Waals surface area contributed by atoms with Crippen molar-refractivity contribution in [3.05, 3.63) is 59.4 Å². The van der Waals surface area contributed by atoms with Gasteiger partial charge in [0.1, 0.15) is 17.3 Å². The highest BCUT2D eigenvalue weighted by molar-refractivity contribution is 6.05. The minimum Gasteiger partial charge on any atom is -0.337 e. The number of aromatic nitrogens is 1. The van der Waals surface area contributed by atoms with Crippen molar-refractivity contribution in [3.63, 3.8) is 0 Å². The first kappa shape index (κ1) is 17.0. The molecule has 5 nitrogen and oxygen atoms in total. The third kappa shape index (κ3) is 3.99. The molecule has 0 radical (unpaired) electrons. The summed E-state index contributed by atoms with van der Waals surface area (Å²) in [7, 11) is 0. The number of likely N-dealkylation sites (tertiary alicyclic amines) is 1. The number of anilines is 1. The molecule has 1 saturated heterocycles. The number of carbonyl (C=O) groups is 2. The van der Waals surface area contributed by atoms with E-state index in [1.165, 1.54) is 18.3 Å². The maximum absolute atomic E-state index is 13.6. The van der Waals surface area contributed by atoms with Gasteiger partial charge in [-0.2, -0.15) is 0 Å². The SMILES string of the molecule is O=C(Nc1ccc(F)cc1F)c1ccnc(C(=O)N2CCCCC2)c1. The molecule has 1 aromatic carbocycles. The average Bonchev–Trinajstić information content (AvgIpc) is 2.64. The van der Waals surface area contributed by atoms with Crippen molar-refractivity contribution >= 4 is 17.5 Å². The molecular weight excluding hydrogens is 328 g/mol. The first-order valence-corrected chi connectivity index (χ1v) is 8.06. The van der Waals surface area contributed by atoms with Crippen LogP contribution < -0.4 is 5.32 Å². The van der Waals surface area contributed by atoms with Crippen molar-refractivity contribution in [2.45, 2.75) is 19.3 Å². The van der Waals surface area contributed by atoms with Crippen LogP contribution in [-0.4, -0.2) is 34.8 Å². The highest BCUT2D eigenvalue weighted by Gasteiger charge is 2.20. The molecule has 0 unspecified atom stereocenters. The maximum Gasteiger partial charge on any atom is 0.272 e. The molecule has 1 aromatic heterocycles. The largest absolute Gasteiger partial charge is 0.337 e. The van der Waals surface area contributed by atoms with Crippen LogP contribution in [0.3, 0.4) is 0 Å². The number of piperidine rings is 1. The zero-order valence-electron chi connectivity index (χ0n) is 13.5. The number of benzene rings is 1. The van der Waals surface area contributed by atoms with Gasteiger partial charge in [0.15, 0.2) is 0 Å². The Balaban J connectivity index is 1.76. The van der Waals surface area contributed by atoms with E-state index in [4.69, 9.17) is 0 Å². The van der Waals surface area contributed by atoms with Crippen LogP contribution in [0.2, 0.25) is 0 Å². The fourth-order valence-electron chi connectivity index (χ4n) is 2.73. The molecule has 0 bridgehead atoms. The van der Waals surface area contributed by atoms with Crippen molar-refractivity contribution in [3.8, 4) is 0 Å². The lowest BCUT2D eigenvalue weighted by molar-refractivity contribution is 0.0718. The minimum atomic E-state index is -0.868. The highest BCUT2D eigenvalue weighted by atomic mass is 19.1. The Hall–Kier alpha value is -2.83. The molecule has 1 fully saturated rings. The minimum absolute atomic E-state index is 0.132. The van der Waals surface area contributed by atoms with Crippen LogP contribution in [-0.2, 0) is 0 Å². The quantitative estimate of drug-likeness (QED) is 0.929. The van der Waals surface area contributed by atoms with Gasteiger partial charge < -0.3 is 10.2 Å². The molecule has 130 valence electrons. The number of nitrogens with zero attached hydrogens (tertiary/aromatic N) is 2. The van der Waals surface area contributed by atoms with Crippen molar-refractivity contribution < 1.29 is 18.4 Å². The van der Waals surface area contributed by atoms with Crippen molar-refractivity contribution in [1.82, 2.24) is 9.88 Å². The van der Waals surface area contributed by atoms with E-state index < -0.39 is 17.5 Å². The van der Waals surface area contributed by atoms with E-state index in [1.807, 2.05) is 0 Å². The predicted molar refractivity (Wildman–Crippen MR) is 88.3 cm³/mol. The molecule has 0 atom stereocenters. The number of rotatable bonds is 3. The fraction of sp³-hybridized carbons (Fsp3) is 0.278. The third-order valence-corrected chi connectivity index (χ3v) is 4.06. The first-order chi connectivity index (χ1) is 12.0. The molecule has 0 aliphatic carbocycles. The lowest BCUT2D eigenvalue weighted by atomic mass is 10.1. The summed E-state index contributed by atoms with van der Waals surface area (Å²) in [5, 5.41) is 2.37. The molecule has 3 rings (SSSR count). The van der Waals surface area contributed by atoms with E-state index in [2.05, 4.69) is 10.3 Å². The van der Waals surface area contributed by atoms with E-state index in [0.717, 1.165) is 31.4 Å². The predicted octanol–water partition coefficient (Wildman–Crippen LogP) is 3.24. The summed E-state index contributed by atoms with van der Waals surface area (Å²) in [6.07, 6.45) is 4.38. The summed E-state index contributed by atoms with van der Waals surface area (Å²) in [4.78, 5) is 30.5. The Morgan fingerprint density at radius 1 is 1.04 bits per heavy atom. The number of halogens is 2. The Kier molecular flexibility index (Phi) is 5.02. The van der Waals surface area contributed by atoms with Crippen LogP contribution in [0.25, 0.3) is 0 Å². The highest BCUT2D eigenvalue weighted by Crippen LogP contribution is 2.17. The first-order valence-electron chi connectivity index (χ1n) is 8.06. The van der Waals surface area contributed by atoms with Crippen LogP contribution in [0.15, 0.2) is 36.5 Å². The summed E-state index contributed by atoms with van der Waals surface area (Å²) in [5.41, 5.74) is 0.223. The number of pyridine rings is 1. The maximum atomic E-state index is 13.6. The average molecular weight is 345 g/mol. The Labute approximate surface area is 143 Å². The van der Waals surface area contributed by atoms with Gasteiger partial charge in [-0.15, -0.1) is 0 Å². The molecular formula is C18H17F2N3O2. The number of hydrogen-bond acceptors (Lipinski definition) is 3. The number of nitrogens with one attached hydrogen (secondary N) is 1. The van der Waals surface area contributed by atoms with Crippen molar-refractivity contribution in [2.24, 2.45) is 0 Å². The Morgan fingerprint density at radius 2 is 1.80 bits per heavy atom. The van der Waals surface area contributed by atoms with E-state index in [-0.39, 0.29) is 22.9 Å². The molecule has 2 amide bonds. The standard InChI is InChI=1S/C18H17F2N3O2/c19-13-4-5-15(14(20)11-13)22-17(24)12-6-7-21-16(10-12)18(25)23-8-2-1-3-9-23/h4-7,10-11H,1-3,8-9H2,(H,22,24). The molecule has 2 aromatic rings. The second kappa shape index (κ2) is 7.38. The topological polar surface area (TPSA) is 62.3 Å². The molecule has 2 heterocycles. The summed E-state index contributed by atoms with van der Waals surface area (Å²) in [6, 6.07) is 5.70. The van der Waals surface area contributed by atoms with Gasteiger partial charge >= 0.3 is 0 Å². The smallest absolute Gasteiger partial charge is 0.272 e. The van der Waals surface area contributed by atoms with Crippen LogP contribution in [0.1, 0.15) is 40.1 Å². The van der Waals surface area contributed by atoms with E-state index in [1.54, 1.807) is 4.90 Å².